The molecule has 2 aliphatic rings. The second-order valence-corrected chi connectivity index (χ2v) is 4.69. The minimum Gasteiger partial charge on any atom is -0.352 e. The highest BCUT2D eigenvalue weighted by Crippen LogP contribution is 2.21. The standard InChI is InChI=1S/C12H20N2O/c13-10-7-4-8-11(10)14-12(15)9-5-2-1-3-6-9/h1-2,9-11H,3-8,13H2,(H,14,15). The Bertz CT molecular complexity index is 262. The van der Waals surface area contributed by atoms with Gasteiger partial charge in [-0.3, -0.25) is 4.79 Å². The Hall–Kier alpha value is -0.830. The van der Waals surface area contributed by atoms with Crippen molar-refractivity contribution in [3.8, 4) is 0 Å². The Morgan fingerprint density at radius 2 is 2.13 bits per heavy atom. The molecule has 0 aromatic rings. The molecule has 3 heteroatoms. The third kappa shape index (κ3) is 2.59. The second-order valence-electron chi connectivity index (χ2n) is 4.69. The van der Waals surface area contributed by atoms with Gasteiger partial charge in [-0.2, -0.15) is 0 Å². The molecule has 0 aromatic heterocycles. The Morgan fingerprint density at radius 3 is 2.73 bits per heavy atom. The van der Waals surface area contributed by atoms with Crippen molar-refractivity contribution in [3.05, 3.63) is 12.2 Å². The van der Waals surface area contributed by atoms with Crippen LogP contribution in [0.2, 0.25) is 0 Å². The predicted octanol–water partition coefficient (Wildman–Crippen LogP) is 1.34. The van der Waals surface area contributed by atoms with Crippen LogP contribution in [-0.2, 0) is 4.79 Å². The monoisotopic (exact) mass is 208 g/mol. The maximum Gasteiger partial charge on any atom is 0.223 e. The van der Waals surface area contributed by atoms with Gasteiger partial charge in [0.25, 0.3) is 0 Å². The zero-order chi connectivity index (χ0) is 10.7. The van der Waals surface area contributed by atoms with Crippen LogP contribution in [-0.4, -0.2) is 18.0 Å². The zero-order valence-corrected chi connectivity index (χ0v) is 9.11. The largest absolute Gasteiger partial charge is 0.352 e. The first-order chi connectivity index (χ1) is 7.27. The lowest BCUT2D eigenvalue weighted by Crippen LogP contribution is -2.46. The summed E-state index contributed by atoms with van der Waals surface area (Å²) in [5, 5.41) is 3.10. The molecule has 3 nitrogen and oxygen atoms in total. The summed E-state index contributed by atoms with van der Waals surface area (Å²) in [4.78, 5) is 11.9. The Morgan fingerprint density at radius 1 is 1.27 bits per heavy atom. The first kappa shape index (κ1) is 10.7. The van der Waals surface area contributed by atoms with Crippen LogP contribution in [0.1, 0.15) is 38.5 Å². The van der Waals surface area contributed by atoms with Crippen molar-refractivity contribution < 1.29 is 4.79 Å². The molecule has 1 amide bonds. The molecule has 0 radical (unpaired) electrons. The normalized spacial score (nSPS) is 35.4. The molecule has 2 aliphatic carbocycles. The van der Waals surface area contributed by atoms with Crippen LogP contribution in [0.5, 0.6) is 0 Å². The van der Waals surface area contributed by atoms with Crippen molar-refractivity contribution in [1.29, 1.82) is 0 Å². The van der Waals surface area contributed by atoms with Gasteiger partial charge in [-0.15, -0.1) is 0 Å². The van der Waals surface area contributed by atoms with Gasteiger partial charge in [-0.1, -0.05) is 12.2 Å². The SMILES string of the molecule is NC1CCCC1NC(=O)C1CC=CCC1. The Kier molecular flexibility index (Phi) is 3.41. The molecular formula is C12H20N2O. The van der Waals surface area contributed by atoms with Crippen LogP contribution in [0.25, 0.3) is 0 Å². The molecule has 3 N–H and O–H groups in total. The van der Waals surface area contributed by atoms with E-state index in [1.807, 2.05) is 0 Å². The second kappa shape index (κ2) is 4.79. The quantitative estimate of drug-likeness (QED) is 0.673. The van der Waals surface area contributed by atoms with Crippen molar-refractivity contribution in [2.45, 2.75) is 50.6 Å². The molecule has 3 unspecified atom stereocenters. The number of nitrogens with two attached hydrogens (primary N) is 1. The summed E-state index contributed by atoms with van der Waals surface area (Å²) in [5.74, 6) is 0.393. The molecule has 84 valence electrons. The summed E-state index contributed by atoms with van der Waals surface area (Å²) in [6, 6.07) is 0.400. The van der Waals surface area contributed by atoms with Crippen molar-refractivity contribution >= 4 is 5.91 Å². The summed E-state index contributed by atoms with van der Waals surface area (Å²) in [6.45, 7) is 0. The molecule has 1 fully saturated rings. The lowest BCUT2D eigenvalue weighted by atomic mass is 9.93. The first-order valence-electron chi connectivity index (χ1n) is 5.98. The molecule has 3 atom stereocenters. The average molecular weight is 208 g/mol. The molecule has 0 spiro atoms. The van der Waals surface area contributed by atoms with Gasteiger partial charge in [0.2, 0.25) is 5.91 Å². The maximum absolute atomic E-state index is 11.9. The van der Waals surface area contributed by atoms with Gasteiger partial charge < -0.3 is 11.1 Å². The van der Waals surface area contributed by atoms with E-state index in [0.717, 1.165) is 38.5 Å². The van der Waals surface area contributed by atoms with Gasteiger partial charge >= 0.3 is 0 Å². The highest BCUT2D eigenvalue weighted by Gasteiger charge is 2.28. The van der Waals surface area contributed by atoms with Crippen LogP contribution in [0.4, 0.5) is 0 Å². The molecule has 0 aliphatic heterocycles. The summed E-state index contributed by atoms with van der Waals surface area (Å²) < 4.78 is 0. The topological polar surface area (TPSA) is 55.1 Å². The van der Waals surface area contributed by atoms with E-state index in [-0.39, 0.29) is 23.9 Å². The minimum atomic E-state index is 0.174. The fraction of sp³-hybridized carbons (Fsp3) is 0.750. The molecule has 15 heavy (non-hydrogen) atoms. The first-order valence-corrected chi connectivity index (χ1v) is 5.98. The molecule has 0 saturated heterocycles. The third-order valence-electron chi connectivity index (χ3n) is 3.54. The number of amides is 1. The zero-order valence-electron chi connectivity index (χ0n) is 9.11. The third-order valence-corrected chi connectivity index (χ3v) is 3.54. The number of allylic oxidation sites excluding steroid dienone is 2. The molecule has 2 rings (SSSR count). The number of carbonyl (C=O) groups excluding carboxylic acids is 1. The fourth-order valence-electron chi connectivity index (χ4n) is 2.50. The number of nitrogens with one attached hydrogen (secondary N) is 1. The van der Waals surface area contributed by atoms with E-state index in [1.165, 1.54) is 0 Å². The molecular weight excluding hydrogens is 188 g/mol. The number of carbonyl (C=O) groups is 1. The van der Waals surface area contributed by atoms with Gasteiger partial charge in [-0.05, 0) is 38.5 Å². The number of rotatable bonds is 2. The molecule has 1 saturated carbocycles. The van der Waals surface area contributed by atoms with E-state index in [2.05, 4.69) is 17.5 Å². The molecule has 0 bridgehead atoms. The van der Waals surface area contributed by atoms with Gasteiger partial charge in [0.05, 0.1) is 0 Å². The summed E-state index contributed by atoms with van der Waals surface area (Å²) >= 11 is 0. The van der Waals surface area contributed by atoms with Gasteiger partial charge in [0.15, 0.2) is 0 Å². The van der Waals surface area contributed by atoms with Crippen molar-refractivity contribution in [2.24, 2.45) is 11.7 Å². The number of hydrogen-bond acceptors (Lipinski definition) is 2. The fourth-order valence-corrected chi connectivity index (χ4v) is 2.50. The summed E-state index contributed by atoms with van der Waals surface area (Å²) in [6.07, 6.45) is 10.4. The van der Waals surface area contributed by atoms with Crippen molar-refractivity contribution in [2.75, 3.05) is 0 Å². The smallest absolute Gasteiger partial charge is 0.223 e. The maximum atomic E-state index is 11.9. The van der Waals surface area contributed by atoms with Crippen LogP contribution in [0.3, 0.4) is 0 Å². The van der Waals surface area contributed by atoms with E-state index < -0.39 is 0 Å². The number of hydrogen-bond donors (Lipinski definition) is 2. The Balaban J connectivity index is 1.83. The summed E-state index contributed by atoms with van der Waals surface area (Å²) in [7, 11) is 0. The van der Waals surface area contributed by atoms with Crippen LogP contribution < -0.4 is 11.1 Å². The van der Waals surface area contributed by atoms with Crippen LogP contribution in [0, 0.1) is 5.92 Å². The highest BCUT2D eigenvalue weighted by molar-refractivity contribution is 5.79. The summed E-state index contributed by atoms with van der Waals surface area (Å²) in [5.41, 5.74) is 5.93. The minimum absolute atomic E-state index is 0.174. The van der Waals surface area contributed by atoms with Gasteiger partial charge in [0.1, 0.15) is 0 Å². The van der Waals surface area contributed by atoms with Crippen LogP contribution in [0.15, 0.2) is 12.2 Å². The Labute approximate surface area is 91.1 Å². The lowest BCUT2D eigenvalue weighted by Gasteiger charge is -2.22. The van der Waals surface area contributed by atoms with E-state index in [1.54, 1.807) is 0 Å². The van der Waals surface area contributed by atoms with E-state index in [9.17, 15) is 4.79 Å². The van der Waals surface area contributed by atoms with Gasteiger partial charge in [-0.25, -0.2) is 0 Å². The van der Waals surface area contributed by atoms with Crippen LogP contribution >= 0.6 is 0 Å². The van der Waals surface area contributed by atoms with Crippen molar-refractivity contribution in [1.82, 2.24) is 5.32 Å². The van der Waals surface area contributed by atoms with E-state index >= 15 is 0 Å². The van der Waals surface area contributed by atoms with Crippen molar-refractivity contribution in [3.63, 3.8) is 0 Å². The lowest BCUT2D eigenvalue weighted by molar-refractivity contribution is -0.126. The molecule has 0 heterocycles. The molecule has 0 aromatic carbocycles. The van der Waals surface area contributed by atoms with Gasteiger partial charge in [0, 0.05) is 18.0 Å². The predicted molar refractivity (Wildman–Crippen MR) is 60.2 cm³/mol. The highest BCUT2D eigenvalue weighted by atomic mass is 16.1. The average Bonchev–Trinajstić information content (AvgIpc) is 2.66. The van der Waals surface area contributed by atoms with E-state index in [0.29, 0.717) is 0 Å². The van der Waals surface area contributed by atoms with E-state index in [4.69, 9.17) is 5.73 Å².